The number of ether oxygens (including phenoxy) is 1. The Kier molecular flexibility index (Phi) is 5.83. The van der Waals surface area contributed by atoms with E-state index >= 15 is 0 Å². The molecule has 0 aliphatic heterocycles. The topological polar surface area (TPSA) is 35.2 Å². The minimum atomic E-state index is 0.148. The van der Waals surface area contributed by atoms with Crippen LogP contribution in [0.15, 0.2) is 46.9 Å². The largest absolute Gasteiger partial charge is 0.497 e. The molecule has 0 aromatic heterocycles. The summed E-state index contributed by atoms with van der Waals surface area (Å²) < 4.78 is 6.36. The lowest BCUT2D eigenvalue weighted by atomic mass is 9.99. The number of halogens is 1. The van der Waals surface area contributed by atoms with Crippen LogP contribution in [0.3, 0.4) is 0 Å². The Morgan fingerprint density at radius 1 is 1.14 bits per heavy atom. The summed E-state index contributed by atoms with van der Waals surface area (Å²) in [5, 5.41) is 0. The van der Waals surface area contributed by atoms with Crippen LogP contribution in [-0.2, 0) is 12.8 Å². The number of aryl methyl sites for hydroxylation is 2. The van der Waals surface area contributed by atoms with E-state index in [0.717, 1.165) is 29.5 Å². The van der Waals surface area contributed by atoms with Crippen molar-refractivity contribution in [3.63, 3.8) is 0 Å². The predicted molar refractivity (Wildman–Crippen MR) is 91.9 cm³/mol. The van der Waals surface area contributed by atoms with Gasteiger partial charge in [-0.15, -0.1) is 0 Å². The number of rotatable bonds is 6. The van der Waals surface area contributed by atoms with E-state index in [1.54, 1.807) is 7.11 Å². The van der Waals surface area contributed by atoms with Crippen LogP contribution in [0, 0.1) is 6.92 Å². The van der Waals surface area contributed by atoms with E-state index in [1.165, 1.54) is 16.7 Å². The lowest BCUT2D eigenvalue weighted by molar-refractivity contribution is 0.414. The molecule has 0 heterocycles. The van der Waals surface area contributed by atoms with Gasteiger partial charge in [0.1, 0.15) is 5.75 Å². The molecule has 0 aliphatic rings. The van der Waals surface area contributed by atoms with Crippen molar-refractivity contribution in [1.29, 1.82) is 0 Å². The van der Waals surface area contributed by atoms with Crippen LogP contribution in [0.4, 0.5) is 0 Å². The van der Waals surface area contributed by atoms with Gasteiger partial charge in [-0.2, -0.15) is 0 Å². The molecule has 0 saturated carbocycles. The first-order valence-electron chi connectivity index (χ1n) is 7.22. The van der Waals surface area contributed by atoms with Gasteiger partial charge >= 0.3 is 0 Å². The highest BCUT2D eigenvalue weighted by Gasteiger charge is 2.09. The van der Waals surface area contributed by atoms with Crippen LogP contribution in [0.5, 0.6) is 5.75 Å². The van der Waals surface area contributed by atoms with E-state index in [0.29, 0.717) is 0 Å². The van der Waals surface area contributed by atoms with Crippen LogP contribution >= 0.6 is 15.9 Å². The van der Waals surface area contributed by atoms with Crippen LogP contribution in [0.25, 0.3) is 0 Å². The monoisotopic (exact) mass is 347 g/mol. The summed E-state index contributed by atoms with van der Waals surface area (Å²) >= 11 is 3.58. The number of benzene rings is 2. The fraction of sp³-hybridized carbons (Fsp3) is 0.333. The quantitative estimate of drug-likeness (QED) is 0.846. The first kappa shape index (κ1) is 16.1. The first-order chi connectivity index (χ1) is 10.1. The van der Waals surface area contributed by atoms with Crippen molar-refractivity contribution in [3.05, 3.63) is 63.6 Å². The van der Waals surface area contributed by atoms with E-state index < -0.39 is 0 Å². The third kappa shape index (κ3) is 4.87. The van der Waals surface area contributed by atoms with Gasteiger partial charge in [-0.1, -0.05) is 45.8 Å². The predicted octanol–water partition coefficient (Wildman–Crippen LogP) is 4.27. The summed E-state index contributed by atoms with van der Waals surface area (Å²) in [6.07, 6.45) is 2.85. The van der Waals surface area contributed by atoms with Crippen LogP contribution in [0.1, 0.15) is 23.1 Å². The van der Waals surface area contributed by atoms with Crippen LogP contribution in [0.2, 0.25) is 0 Å². The molecule has 3 heteroatoms. The van der Waals surface area contributed by atoms with Crippen LogP contribution in [-0.4, -0.2) is 13.2 Å². The second kappa shape index (κ2) is 7.62. The molecule has 2 nitrogen and oxygen atoms in total. The fourth-order valence-electron chi connectivity index (χ4n) is 2.33. The zero-order valence-electron chi connectivity index (χ0n) is 12.6. The molecule has 0 bridgehead atoms. The molecule has 0 radical (unpaired) electrons. The van der Waals surface area contributed by atoms with Crippen LogP contribution < -0.4 is 10.5 Å². The van der Waals surface area contributed by atoms with E-state index in [-0.39, 0.29) is 6.04 Å². The molecule has 1 unspecified atom stereocenters. The smallest absolute Gasteiger partial charge is 0.119 e. The highest BCUT2D eigenvalue weighted by atomic mass is 79.9. The van der Waals surface area contributed by atoms with Crippen molar-refractivity contribution >= 4 is 15.9 Å². The molecule has 112 valence electrons. The van der Waals surface area contributed by atoms with Gasteiger partial charge in [0.25, 0.3) is 0 Å². The first-order valence-corrected chi connectivity index (χ1v) is 8.01. The maximum absolute atomic E-state index is 6.28. The fourth-order valence-corrected chi connectivity index (χ4v) is 2.73. The van der Waals surface area contributed by atoms with Gasteiger partial charge in [-0.3, -0.25) is 0 Å². The molecule has 2 N–H and O–H groups in total. The van der Waals surface area contributed by atoms with E-state index in [1.807, 2.05) is 12.1 Å². The summed E-state index contributed by atoms with van der Waals surface area (Å²) in [5.74, 6) is 0.874. The maximum Gasteiger partial charge on any atom is 0.119 e. The van der Waals surface area contributed by atoms with Crippen molar-refractivity contribution in [2.75, 3.05) is 7.11 Å². The highest BCUT2D eigenvalue weighted by molar-refractivity contribution is 9.10. The van der Waals surface area contributed by atoms with Crippen molar-refractivity contribution < 1.29 is 4.74 Å². The molecule has 1 atom stereocenters. The third-order valence-corrected chi connectivity index (χ3v) is 4.43. The Labute approximate surface area is 135 Å². The van der Waals surface area contributed by atoms with Gasteiger partial charge in [0.15, 0.2) is 0 Å². The Bertz CT molecular complexity index is 580. The van der Waals surface area contributed by atoms with Crippen molar-refractivity contribution in [1.82, 2.24) is 0 Å². The van der Waals surface area contributed by atoms with Crippen molar-refractivity contribution in [3.8, 4) is 5.75 Å². The molecule has 0 aliphatic carbocycles. The molecule has 0 fully saturated rings. The molecule has 0 amide bonds. The molecule has 0 saturated heterocycles. The molecule has 2 aromatic carbocycles. The number of methoxy groups -OCH3 is 1. The average Bonchev–Trinajstić information content (AvgIpc) is 2.49. The summed E-state index contributed by atoms with van der Waals surface area (Å²) in [7, 11) is 1.68. The third-order valence-electron chi connectivity index (χ3n) is 3.66. The second-order valence-electron chi connectivity index (χ2n) is 5.45. The summed E-state index contributed by atoms with van der Waals surface area (Å²) in [5.41, 5.74) is 10.1. The molecule has 2 aromatic rings. The molecular formula is C18H22BrNO. The highest BCUT2D eigenvalue weighted by Crippen LogP contribution is 2.24. The Hall–Kier alpha value is -1.32. The van der Waals surface area contributed by atoms with Crippen molar-refractivity contribution in [2.24, 2.45) is 5.73 Å². The maximum atomic E-state index is 6.28. The Balaban J connectivity index is 1.92. The minimum Gasteiger partial charge on any atom is -0.497 e. The van der Waals surface area contributed by atoms with Gasteiger partial charge < -0.3 is 10.5 Å². The van der Waals surface area contributed by atoms with E-state index in [2.05, 4.69) is 53.2 Å². The minimum absolute atomic E-state index is 0.148. The van der Waals surface area contributed by atoms with Gasteiger partial charge in [0.2, 0.25) is 0 Å². The lowest BCUT2D eigenvalue weighted by Gasteiger charge is -2.14. The van der Waals surface area contributed by atoms with Gasteiger partial charge in [-0.25, -0.2) is 0 Å². The standard InChI is InChI=1S/C18H22BrNO/c1-13-3-5-14(6-4-13)7-8-16(20)11-15-12-17(21-2)9-10-18(15)19/h3-6,9-10,12,16H,7-8,11,20H2,1-2H3. The van der Waals surface area contributed by atoms with Gasteiger partial charge in [0, 0.05) is 10.5 Å². The summed E-state index contributed by atoms with van der Waals surface area (Å²) in [6.45, 7) is 2.11. The Morgan fingerprint density at radius 2 is 1.86 bits per heavy atom. The zero-order chi connectivity index (χ0) is 15.2. The molecular weight excluding hydrogens is 326 g/mol. The second-order valence-corrected chi connectivity index (χ2v) is 6.30. The summed E-state index contributed by atoms with van der Waals surface area (Å²) in [4.78, 5) is 0. The lowest BCUT2D eigenvalue weighted by Crippen LogP contribution is -2.23. The normalized spacial score (nSPS) is 12.2. The SMILES string of the molecule is COc1ccc(Br)c(CC(N)CCc2ccc(C)cc2)c1. The van der Waals surface area contributed by atoms with E-state index in [9.17, 15) is 0 Å². The summed E-state index contributed by atoms with van der Waals surface area (Å²) in [6, 6.07) is 14.8. The Morgan fingerprint density at radius 3 is 2.52 bits per heavy atom. The average molecular weight is 348 g/mol. The van der Waals surface area contributed by atoms with E-state index in [4.69, 9.17) is 10.5 Å². The molecule has 21 heavy (non-hydrogen) atoms. The van der Waals surface area contributed by atoms with Gasteiger partial charge in [0.05, 0.1) is 7.11 Å². The molecule has 2 rings (SSSR count). The zero-order valence-corrected chi connectivity index (χ0v) is 14.2. The van der Waals surface area contributed by atoms with Gasteiger partial charge in [-0.05, 0) is 55.5 Å². The number of nitrogens with two attached hydrogens (primary N) is 1. The number of hydrogen-bond donors (Lipinski definition) is 1. The van der Waals surface area contributed by atoms with Crippen molar-refractivity contribution in [2.45, 2.75) is 32.2 Å². The number of hydrogen-bond acceptors (Lipinski definition) is 2. The molecule has 0 spiro atoms.